The third kappa shape index (κ3) is 6.09. The minimum Gasteiger partial charge on any atom is -0.481 e. The van der Waals surface area contributed by atoms with Gasteiger partial charge < -0.3 is 24.8 Å². The van der Waals surface area contributed by atoms with E-state index in [4.69, 9.17) is 9.47 Å². The van der Waals surface area contributed by atoms with E-state index in [1.165, 1.54) is 0 Å². The Kier molecular flexibility index (Phi) is 8.67. The Morgan fingerprint density at radius 2 is 2.09 bits per heavy atom. The van der Waals surface area contributed by atoms with Crippen LogP contribution in [0.15, 0.2) is 30.6 Å². The first-order valence-electron chi connectivity index (χ1n) is 11.5. The first-order chi connectivity index (χ1) is 15.5. The second-order valence-corrected chi connectivity index (χ2v) is 7.95. The molecule has 1 aliphatic heterocycles. The zero-order valence-corrected chi connectivity index (χ0v) is 19.2. The van der Waals surface area contributed by atoms with Crippen LogP contribution in [0.2, 0.25) is 0 Å². The molecule has 0 saturated carbocycles. The van der Waals surface area contributed by atoms with Crippen molar-refractivity contribution in [1.82, 2.24) is 9.97 Å². The lowest BCUT2D eigenvalue weighted by Crippen LogP contribution is -2.41. The summed E-state index contributed by atoms with van der Waals surface area (Å²) in [5, 5.41) is 12.8. The molecule has 2 N–H and O–H groups in total. The molecule has 0 radical (unpaired) electrons. The zero-order chi connectivity index (χ0) is 22.9. The number of hydrogen-bond acceptors (Lipinski definition) is 7. The molecular weight excluding hydrogens is 408 g/mol. The Morgan fingerprint density at radius 1 is 1.31 bits per heavy atom. The van der Waals surface area contributed by atoms with Crippen LogP contribution in [-0.2, 0) is 9.53 Å². The fourth-order valence-electron chi connectivity index (χ4n) is 4.20. The van der Waals surface area contributed by atoms with Gasteiger partial charge in [-0.25, -0.2) is 9.97 Å². The van der Waals surface area contributed by atoms with Crippen molar-refractivity contribution < 1.29 is 19.4 Å². The summed E-state index contributed by atoms with van der Waals surface area (Å²) in [6, 6.07) is 6.86. The Bertz CT molecular complexity index is 869. The van der Waals surface area contributed by atoms with Crippen LogP contribution >= 0.6 is 0 Å². The number of carbonyl (C=O) groups is 1. The van der Waals surface area contributed by atoms with Crippen LogP contribution in [0.3, 0.4) is 0 Å². The van der Waals surface area contributed by atoms with Gasteiger partial charge in [-0.1, -0.05) is 13.0 Å². The van der Waals surface area contributed by atoms with Crippen LogP contribution in [0.25, 0.3) is 0 Å². The normalized spacial score (nSPS) is 16.9. The SMILES string of the molecule is CCOc1ncc(Nc2cc(C(CC)CC(=O)O)ccc2N(CC)C2CCCOC2)cn1. The molecule has 0 amide bonds. The summed E-state index contributed by atoms with van der Waals surface area (Å²) in [6.45, 7) is 8.93. The third-order valence-electron chi connectivity index (χ3n) is 5.81. The summed E-state index contributed by atoms with van der Waals surface area (Å²) >= 11 is 0. The lowest BCUT2D eigenvalue weighted by atomic mass is 9.92. The molecule has 1 saturated heterocycles. The number of aromatic nitrogens is 2. The topological polar surface area (TPSA) is 96.8 Å². The lowest BCUT2D eigenvalue weighted by molar-refractivity contribution is -0.137. The Balaban J connectivity index is 1.96. The Labute approximate surface area is 190 Å². The highest BCUT2D eigenvalue weighted by Gasteiger charge is 2.24. The van der Waals surface area contributed by atoms with Crippen molar-refractivity contribution in [2.75, 3.05) is 36.6 Å². The maximum absolute atomic E-state index is 11.4. The van der Waals surface area contributed by atoms with Crippen LogP contribution in [-0.4, -0.2) is 53.5 Å². The summed E-state index contributed by atoms with van der Waals surface area (Å²) in [4.78, 5) is 22.2. The van der Waals surface area contributed by atoms with Gasteiger partial charge in [0.05, 0.1) is 55.1 Å². The van der Waals surface area contributed by atoms with Crippen LogP contribution < -0.4 is 15.0 Å². The average molecular weight is 443 g/mol. The van der Waals surface area contributed by atoms with Crippen LogP contribution in [0.1, 0.15) is 57.9 Å². The summed E-state index contributed by atoms with van der Waals surface area (Å²) < 4.78 is 11.1. The molecule has 1 aliphatic rings. The first-order valence-corrected chi connectivity index (χ1v) is 11.5. The number of anilines is 3. The van der Waals surface area contributed by atoms with Crippen molar-refractivity contribution in [2.45, 2.75) is 58.4 Å². The minimum absolute atomic E-state index is 0.0493. The number of likely N-dealkylation sites (N-methyl/N-ethyl adjacent to an activating group) is 1. The first kappa shape index (κ1) is 23.8. The molecule has 174 valence electrons. The van der Waals surface area contributed by atoms with Crippen LogP contribution in [0.4, 0.5) is 17.1 Å². The van der Waals surface area contributed by atoms with Crippen LogP contribution in [0, 0.1) is 0 Å². The van der Waals surface area contributed by atoms with Gasteiger partial charge in [0.2, 0.25) is 0 Å². The van der Waals surface area contributed by atoms with Gasteiger partial charge in [0, 0.05) is 13.2 Å². The van der Waals surface area contributed by atoms with Gasteiger partial charge in [-0.15, -0.1) is 0 Å². The van der Waals surface area contributed by atoms with E-state index in [-0.39, 0.29) is 12.3 Å². The molecule has 2 unspecified atom stereocenters. The number of nitrogens with one attached hydrogen (secondary N) is 1. The predicted molar refractivity (Wildman–Crippen MR) is 125 cm³/mol. The van der Waals surface area contributed by atoms with Gasteiger partial charge in [0.25, 0.3) is 0 Å². The van der Waals surface area contributed by atoms with E-state index in [2.05, 4.69) is 45.3 Å². The zero-order valence-electron chi connectivity index (χ0n) is 19.2. The average Bonchev–Trinajstić information content (AvgIpc) is 2.81. The monoisotopic (exact) mass is 442 g/mol. The number of benzene rings is 1. The minimum atomic E-state index is -0.787. The number of rotatable bonds is 11. The van der Waals surface area contributed by atoms with Gasteiger partial charge >= 0.3 is 12.0 Å². The fraction of sp³-hybridized carbons (Fsp3) is 0.542. The predicted octanol–water partition coefficient (Wildman–Crippen LogP) is 4.59. The molecule has 8 heteroatoms. The molecule has 0 spiro atoms. The van der Waals surface area contributed by atoms with E-state index >= 15 is 0 Å². The lowest BCUT2D eigenvalue weighted by Gasteiger charge is -2.36. The van der Waals surface area contributed by atoms with Crippen molar-refractivity contribution in [2.24, 2.45) is 0 Å². The molecule has 32 heavy (non-hydrogen) atoms. The molecule has 8 nitrogen and oxygen atoms in total. The molecule has 2 heterocycles. The Morgan fingerprint density at radius 3 is 2.69 bits per heavy atom. The second-order valence-electron chi connectivity index (χ2n) is 7.95. The molecule has 2 aromatic rings. The van der Waals surface area contributed by atoms with E-state index in [1.54, 1.807) is 12.4 Å². The maximum atomic E-state index is 11.4. The van der Waals surface area contributed by atoms with E-state index in [0.717, 1.165) is 55.0 Å². The quantitative estimate of drug-likeness (QED) is 0.521. The van der Waals surface area contributed by atoms with Gasteiger partial charge in [0.15, 0.2) is 0 Å². The van der Waals surface area contributed by atoms with Crippen molar-refractivity contribution in [1.29, 1.82) is 0 Å². The van der Waals surface area contributed by atoms with E-state index in [0.29, 0.717) is 25.3 Å². The fourth-order valence-corrected chi connectivity index (χ4v) is 4.20. The second kappa shape index (κ2) is 11.7. The number of aliphatic carboxylic acids is 1. The largest absolute Gasteiger partial charge is 0.481 e. The molecular formula is C24H34N4O4. The summed E-state index contributed by atoms with van der Waals surface area (Å²) in [6.07, 6.45) is 6.38. The molecule has 3 rings (SSSR count). The highest BCUT2D eigenvalue weighted by atomic mass is 16.5. The van der Waals surface area contributed by atoms with E-state index < -0.39 is 5.97 Å². The number of nitrogens with zero attached hydrogens (tertiary/aromatic N) is 3. The van der Waals surface area contributed by atoms with Crippen molar-refractivity contribution >= 4 is 23.0 Å². The van der Waals surface area contributed by atoms with Gasteiger partial charge in [-0.05, 0) is 56.7 Å². The molecule has 0 aliphatic carbocycles. The molecule has 1 fully saturated rings. The van der Waals surface area contributed by atoms with Crippen LogP contribution in [0.5, 0.6) is 6.01 Å². The van der Waals surface area contributed by atoms with Gasteiger partial charge in [-0.2, -0.15) is 0 Å². The molecule has 1 aromatic heterocycles. The van der Waals surface area contributed by atoms with E-state index in [9.17, 15) is 9.90 Å². The van der Waals surface area contributed by atoms with Gasteiger partial charge in [0.1, 0.15) is 0 Å². The standard InChI is InChI=1S/C24H34N4O4/c1-4-17(13-23(29)30)18-9-10-22(28(5-2)20-8-7-11-31-16-20)21(12-18)27-19-14-25-24(26-15-19)32-6-3/h9-10,12,14-15,17,20,27H,4-8,11,13,16H2,1-3H3,(H,29,30). The van der Waals surface area contributed by atoms with Crippen molar-refractivity contribution in [3.8, 4) is 6.01 Å². The molecule has 2 atom stereocenters. The molecule has 0 bridgehead atoms. The number of carboxylic acid groups (broad SMARTS) is 1. The summed E-state index contributed by atoms with van der Waals surface area (Å²) in [7, 11) is 0. The molecule has 1 aromatic carbocycles. The Hall–Kier alpha value is -2.87. The van der Waals surface area contributed by atoms with E-state index in [1.807, 2.05) is 13.8 Å². The number of hydrogen-bond donors (Lipinski definition) is 2. The maximum Gasteiger partial charge on any atom is 0.316 e. The highest BCUT2D eigenvalue weighted by molar-refractivity contribution is 5.77. The smallest absolute Gasteiger partial charge is 0.316 e. The highest BCUT2D eigenvalue weighted by Crippen LogP contribution is 2.36. The number of carboxylic acids is 1. The number of ether oxygens (including phenoxy) is 2. The summed E-state index contributed by atoms with van der Waals surface area (Å²) in [5.74, 6) is -0.836. The van der Waals surface area contributed by atoms with Crippen molar-refractivity contribution in [3.63, 3.8) is 0 Å². The third-order valence-corrected chi connectivity index (χ3v) is 5.81. The van der Waals surface area contributed by atoms with Crippen molar-refractivity contribution in [3.05, 3.63) is 36.2 Å². The van der Waals surface area contributed by atoms with Gasteiger partial charge in [-0.3, -0.25) is 4.79 Å². The summed E-state index contributed by atoms with van der Waals surface area (Å²) in [5.41, 5.74) is 3.72.